The van der Waals surface area contributed by atoms with E-state index < -0.39 is 0 Å². The van der Waals surface area contributed by atoms with Gasteiger partial charge in [-0.2, -0.15) is 0 Å². The molecular weight excluding hydrogens is 174 g/mol. The summed E-state index contributed by atoms with van der Waals surface area (Å²) in [4.78, 5) is 0. The topological polar surface area (TPSA) is 32.3 Å². The molecule has 0 heterocycles. The first-order valence-electron chi connectivity index (χ1n) is 6.02. The highest BCUT2D eigenvalue weighted by Crippen LogP contribution is 2.08. The quantitative estimate of drug-likeness (QED) is 0.632. The van der Waals surface area contributed by atoms with E-state index in [9.17, 15) is 0 Å². The van der Waals surface area contributed by atoms with Crippen molar-refractivity contribution in [2.45, 2.75) is 65.5 Å². The van der Waals surface area contributed by atoms with Gasteiger partial charge in [-0.15, -0.1) is 0 Å². The average molecular weight is 201 g/mol. The first-order valence-corrected chi connectivity index (χ1v) is 6.02. The van der Waals surface area contributed by atoms with Gasteiger partial charge in [-0.3, -0.25) is 0 Å². The average Bonchev–Trinajstić information content (AvgIpc) is 2.22. The largest absolute Gasteiger partial charge is 0.396 e. The molecule has 0 aliphatic heterocycles. The summed E-state index contributed by atoms with van der Waals surface area (Å²) in [6.45, 7) is 8.98. The third-order valence-corrected chi connectivity index (χ3v) is 3.04. The van der Waals surface area contributed by atoms with Gasteiger partial charge in [0.15, 0.2) is 0 Å². The van der Waals surface area contributed by atoms with Gasteiger partial charge in [0, 0.05) is 18.7 Å². The molecule has 0 aromatic carbocycles. The predicted molar refractivity (Wildman–Crippen MR) is 62.5 cm³/mol. The van der Waals surface area contributed by atoms with Gasteiger partial charge >= 0.3 is 0 Å². The van der Waals surface area contributed by atoms with Crippen LogP contribution in [-0.2, 0) is 0 Å². The zero-order valence-corrected chi connectivity index (χ0v) is 10.2. The minimum Gasteiger partial charge on any atom is -0.396 e. The molecule has 0 amide bonds. The van der Waals surface area contributed by atoms with E-state index in [4.69, 9.17) is 5.11 Å². The molecule has 0 spiro atoms. The van der Waals surface area contributed by atoms with Gasteiger partial charge in [-0.05, 0) is 25.7 Å². The molecule has 0 aromatic rings. The minimum atomic E-state index is 0.276. The van der Waals surface area contributed by atoms with E-state index in [-0.39, 0.29) is 6.61 Å². The summed E-state index contributed by atoms with van der Waals surface area (Å²) in [5.41, 5.74) is 0. The zero-order valence-electron chi connectivity index (χ0n) is 10.2. The van der Waals surface area contributed by atoms with Crippen molar-refractivity contribution in [3.63, 3.8) is 0 Å². The molecule has 3 atom stereocenters. The van der Waals surface area contributed by atoms with E-state index in [1.807, 2.05) is 0 Å². The second-order valence-electron chi connectivity index (χ2n) is 4.36. The van der Waals surface area contributed by atoms with Gasteiger partial charge in [0.1, 0.15) is 0 Å². The van der Waals surface area contributed by atoms with E-state index in [1.54, 1.807) is 0 Å². The summed E-state index contributed by atoms with van der Waals surface area (Å²) in [5.74, 6) is 0.352. The van der Waals surface area contributed by atoms with Crippen LogP contribution < -0.4 is 5.32 Å². The van der Waals surface area contributed by atoms with Crippen LogP contribution in [0.15, 0.2) is 0 Å². The summed E-state index contributed by atoms with van der Waals surface area (Å²) in [6, 6.07) is 1.04. The maximum absolute atomic E-state index is 9.03. The highest BCUT2D eigenvalue weighted by atomic mass is 16.3. The van der Waals surface area contributed by atoms with Crippen molar-refractivity contribution in [2.75, 3.05) is 6.61 Å². The van der Waals surface area contributed by atoms with Crippen molar-refractivity contribution in [1.82, 2.24) is 5.32 Å². The Bertz CT molecular complexity index is 127. The molecule has 14 heavy (non-hydrogen) atoms. The number of aliphatic hydroxyl groups is 1. The number of hydrogen-bond acceptors (Lipinski definition) is 2. The van der Waals surface area contributed by atoms with Crippen LogP contribution in [0.3, 0.4) is 0 Å². The van der Waals surface area contributed by atoms with Crippen LogP contribution in [0.1, 0.15) is 53.4 Å². The summed E-state index contributed by atoms with van der Waals surface area (Å²) >= 11 is 0. The smallest absolute Gasteiger partial charge is 0.0471 e. The molecular formula is C12H27NO. The maximum Gasteiger partial charge on any atom is 0.0471 e. The van der Waals surface area contributed by atoms with Crippen LogP contribution in [-0.4, -0.2) is 23.8 Å². The first-order chi connectivity index (χ1) is 6.65. The molecule has 0 bridgehead atoms. The van der Waals surface area contributed by atoms with Crippen LogP contribution in [0.5, 0.6) is 0 Å². The van der Waals surface area contributed by atoms with E-state index in [1.165, 1.54) is 25.7 Å². The normalized spacial score (nSPS) is 17.8. The fourth-order valence-corrected chi connectivity index (χ4v) is 1.55. The second-order valence-corrected chi connectivity index (χ2v) is 4.36. The number of nitrogens with one attached hydrogen (secondary N) is 1. The molecule has 3 unspecified atom stereocenters. The van der Waals surface area contributed by atoms with E-state index in [2.05, 4.69) is 33.0 Å². The number of rotatable bonds is 8. The summed E-state index contributed by atoms with van der Waals surface area (Å²) in [6.07, 6.45) is 5.01. The number of hydrogen-bond donors (Lipinski definition) is 2. The lowest BCUT2D eigenvalue weighted by molar-refractivity contribution is 0.198. The molecule has 0 aliphatic carbocycles. The lowest BCUT2D eigenvalue weighted by Gasteiger charge is -2.25. The molecule has 0 aromatic heterocycles. The van der Waals surface area contributed by atoms with Gasteiger partial charge in [0.2, 0.25) is 0 Å². The van der Waals surface area contributed by atoms with Crippen LogP contribution >= 0.6 is 0 Å². The van der Waals surface area contributed by atoms with E-state index >= 15 is 0 Å². The lowest BCUT2D eigenvalue weighted by Crippen LogP contribution is -2.40. The Hall–Kier alpha value is -0.0800. The highest BCUT2D eigenvalue weighted by Gasteiger charge is 2.14. The van der Waals surface area contributed by atoms with Crippen molar-refractivity contribution >= 4 is 0 Å². The molecule has 0 rings (SSSR count). The maximum atomic E-state index is 9.03. The Balaban J connectivity index is 3.79. The molecule has 2 nitrogen and oxygen atoms in total. The Labute approximate surface area is 89.1 Å². The Kier molecular flexibility index (Phi) is 8.20. The fraction of sp³-hybridized carbons (Fsp3) is 1.00. The molecule has 0 saturated carbocycles. The third-order valence-electron chi connectivity index (χ3n) is 3.04. The van der Waals surface area contributed by atoms with Crippen LogP contribution in [0.25, 0.3) is 0 Å². The highest BCUT2D eigenvalue weighted by molar-refractivity contribution is 4.73. The zero-order chi connectivity index (χ0) is 11.0. The van der Waals surface area contributed by atoms with Crippen LogP contribution in [0.2, 0.25) is 0 Å². The summed E-state index contributed by atoms with van der Waals surface area (Å²) in [7, 11) is 0. The Morgan fingerprint density at radius 1 is 1.21 bits per heavy atom. The van der Waals surface area contributed by atoms with Crippen LogP contribution in [0.4, 0.5) is 0 Å². The monoisotopic (exact) mass is 201 g/mol. The third kappa shape index (κ3) is 5.61. The molecule has 2 heteroatoms. The summed E-state index contributed by atoms with van der Waals surface area (Å²) < 4.78 is 0. The molecule has 0 radical (unpaired) electrons. The molecule has 2 N–H and O–H groups in total. The molecule has 0 fully saturated rings. The van der Waals surface area contributed by atoms with Crippen molar-refractivity contribution in [3.05, 3.63) is 0 Å². The molecule has 0 aliphatic rings. The Morgan fingerprint density at radius 2 is 1.86 bits per heavy atom. The van der Waals surface area contributed by atoms with E-state index in [0.717, 1.165) is 0 Å². The van der Waals surface area contributed by atoms with Gasteiger partial charge < -0.3 is 10.4 Å². The van der Waals surface area contributed by atoms with Gasteiger partial charge in [-0.1, -0.05) is 33.6 Å². The Morgan fingerprint density at radius 3 is 2.29 bits per heavy atom. The SMILES string of the molecule is CCCCC(CC)NC(C)C(C)CO. The second kappa shape index (κ2) is 8.25. The predicted octanol–water partition coefficient (Wildman–Crippen LogP) is 2.56. The lowest BCUT2D eigenvalue weighted by atomic mass is 10.0. The van der Waals surface area contributed by atoms with Gasteiger partial charge in [0.25, 0.3) is 0 Å². The van der Waals surface area contributed by atoms with Gasteiger partial charge in [-0.25, -0.2) is 0 Å². The van der Waals surface area contributed by atoms with Crippen molar-refractivity contribution in [1.29, 1.82) is 0 Å². The number of aliphatic hydroxyl groups excluding tert-OH is 1. The van der Waals surface area contributed by atoms with Crippen molar-refractivity contribution in [2.24, 2.45) is 5.92 Å². The first kappa shape index (κ1) is 13.9. The van der Waals surface area contributed by atoms with Crippen molar-refractivity contribution < 1.29 is 5.11 Å². The van der Waals surface area contributed by atoms with Crippen molar-refractivity contribution in [3.8, 4) is 0 Å². The molecule has 0 saturated heterocycles. The minimum absolute atomic E-state index is 0.276. The molecule has 86 valence electrons. The van der Waals surface area contributed by atoms with Gasteiger partial charge in [0.05, 0.1) is 0 Å². The fourth-order valence-electron chi connectivity index (χ4n) is 1.55. The summed E-state index contributed by atoms with van der Waals surface area (Å²) in [5, 5.41) is 12.6. The van der Waals surface area contributed by atoms with Crippen LogP contribution in [0, 0.1) is 5.92 Å². The number of unbranched alkanes of at least 4 members (excludes halogenated alkanes) is 1. The van der Waals surface area contributed by atoms with E-state index in [0.29, 0.717) is 18.0 Å². The standard InChI is InChI=1S/C12H27NO/c1-5-7-8-12(6-2)13-11(4)10(3)9-14/h10-14H,5-9H2,1-4H3.